The fourth-order valence-corrected chi connectivity index (χ4v) is 5.74. The number of benzene rings is 3. The summed E-state index contributed by atoms with van der Waals surface area (Å²) in [5.74, 6) is -0.930. The van der Waals surface area contributed by atoms with Crippen molar-refractivity contribution in [3.05, 3.63) is 99.0 Å². The summed E-state index contributed by atoms with van der Waals surface area (Å²) in [4.78, 5) is 29.1. The number of halogens is 3. The van der Waals surface area contributed by atoms with E-state index in [4.69, 9.17) is 34.8 Å². The molecule has 0 saturated carbocycles. The molecule has 2 atom stereocenters. The van der Waals surface area contributed by atoms with Crippen molar-refractivity contribution >= 4 is 62.3 Å². The lowest BCUT2D eigenvalue weighted by Crippen LogP contribution is -2.54. The number of hydrogen-bond acceptors (Lipinski definition) is 4. The molecule has 11 heteroatoms. The molecule has 3 aromatic carbocycles. The maximum absolute atomic E-state index is 14.1. The Morgan fingerprint density at radius 3 is 2.15 bits per heavy atom. The van der Waals surface area contributed by atoms with Crippen LogP contribution in [-0.2, 0) is 32.6 Å². The number of carbonyl (C=O) groups excluding carboxylic acids is 2. The summed E-state index contributed by atoms with van der Waals surface area (Å²) in [5.41, 5.74) is 1.63. The smallest absolute Gasteiger partial charge is 0.244 e. The molecule has 1 N–H and O–H groups in total. The van der Waals surface area contributed by atoms with Gasteiger partial charge in [0.15, 0.2) is 0 Å². The SMILES string of the molecule is CC[C@@H](C)NC(=O)[C@H](Cc1ccccc1)N(Cc1cccc(Cl)c1)C(=O)CN(c1ccc(Cl)cc1Cl)S(C)(=O)=O. The minimum atomic E-state index is -3.95. The summed E-state index contributed by atoms with van der Waals surface area (Å²) in [6, 6.07) is 19.6. The predicted octanol–water partition coefficient (Wildman–Crippen LogP) is 5.97. The van der Waals surface area contributed by atoms with Crippen LogP contribution in [0.1, 0.15) is 31.4 Å². The molecule has 0 radical (unpaired) electrons. The van der Waals surface area contributed by atoms with Gasteiger partial charge in [0.25, 0.3) is 0 Å². The van der Waals surface area contributed by atoms with Crippen molar-refractivity contribution in [2.24, 2.45) is 0 Å². The number of rotatable bonds is 12. The van der Waals surface area contributed by atoms with Gasteiger partial charge in [-0.25, -0.2) is 8.42 Å². The van der Waals surface area contributed by atoms with E-state index in [0.717, 1.165) is 16.1 Å². The van der Waals surface area contributed by atoms with Gasteiger partial charge in [-0.1, -0.05) is 84.2 Å². The molecule has 3 aromatic rings. The third-order valence-corrected chi connectivity index (χ3v) is 8.27. The molecule has 214 valence electrons. The van der Waals surface area contributed by atoms with Gasteiger partial charge in [0.2, 0.25) is 21.8 Å². The van der Waals surface area contributed by atoms with Gasteiger partial charge in [-0.3, -0.25) is 13.9 Å². The van der Waals surface area contributed by atoms with Crippen LogP contribution in [0, 0.1) is 0 Å². The predicted molar refractivity (Wildman–Crippen MR) is 162 cm³/mol. The average molecular weight is 625 g/mol. The minimum Gasteiger partial charge on any atom is -0.352 e. The van der Waals surface area contributed by atoms with Gasteiger partial charge >= 0.3 is 0 Å². The molecule has 0 aliphatic carbocycles. The molecular weight excluding hydrogens is 593 g/mol. The summed E-state index contributed by atoms with van der Waals surface area (Å²) in [6.07, 6.45) is 1.91. The first-order valence-electron chi connectivity index (χ1n) is 12.7. The van der Waals surface area contributed by atoms with E-state index in [1.54, 1.807) is 24.3 Å². The van der Waals surface area contributed by atoms with Crippen molar-refractivity contribution < 1.29 is 18.0 Å². The molecule has 0 heterocycles. The Morgan fingerprint density at radius 2 is 1.55 bits per heavy atom. The van der Waals surface area contributed by atoms with Crippen molar-refractivity contribution in [2.75, 3.05) is 17.1 Å². The fourth-order valence-electron chi connectivity index (χ4n) is 4.11. The van der Waals surface area contributed by atoms with Gasteiger partial charge in [0.1, 0.15) is 12.6 Å². The molecule has 0 fully saturated rings. The summed E-state index contributed by atoms with van der Waals surface area (Å²) >= 11 is 18.6. The van der Waals surface area contributed by atoms with Gasteiger partial charge < -0.3 is 10.2 Å². The third kappa shape index (κ3) is 8.86. The third-order valence-electron chi connectivity index (χ3n) is 6.37. The number of nitrogens with zero attached hydrogens (tertiary/aromatic N) is 2. The van der Waals surface area contributed by atoms with Crippen molar-refractivity contribution in [3.63, 3.8) is 0 Å². The van der Waals surface area contributed by atoms with Crippen LogP contribution in [0.25, 0.3) is 0 Å². The fraction of sp³-hybridized carbons (Fsp3) is 0.310. The second kappa shape index (κ2) is 14.2. The molecule has 2 amide bonds. The van der Waals surface area contributed by atoms with Crippen LogP contribution in [0.5, 0.6) is 0 Å². The second-order valence-electron chi connectivity index (χ2n) is 9.54. The standard InChI is InChI=1S/C29H32Cl3N3O4S/c1-4-20(2)33-29(37)27(16-21-9-6-5-7-10-21)34(18-22-11-8-12-23(30)15-22)28(36)19-35(40(3,38)39)26-14-13-24(31)17-25(26)32/h5-15,17,20,27H,4,16,18-19H2,1-3H3,(H,33,37)/t20-,27+/m1/s1. The molecular formula is C29H32Cl3N3O4S. The van der Waals surface area contributed by atoms with Gasteiger partial charge in [-0.2, -0.15) is 0 Å². The number of hydrogen-bond donors (Lipinski definition) is 1. The molecule has 3 rings (SSSR count). The number of nitrogens with one attached hydrogen (secondary N) is 1. The Labute approximate surface area is 251 Å². The highest BCUT2D eigenvalue weighted by Crippen LogP contribution is 2.31. The molecule has 0 aliphatic rings. The molecule has 0 saturated heterocycles. The Hall–Kier alpha value is -2.78. The van der Waals surface area contributed by atoms with Crippen LogP contribution in [-0.4, -0.2) is 50.0 Å². The quantitative estimate of drug-likeness (QED) is 0.269. The first-order valence-corrected chi connectivity index (χ1v) is 15.7. The molecule has 0 aromatic heterocycles. The van der Waals surface area contributed by atoms with E-state index in [0.29, 0.717) is 22.0 Å². The zero-order valence-corrected chi connectivity index (χ0v) is 25.6. The van der Waals surface area contributed by atoms with Crippen molar-refractivity contribution in [3.8, 4) is 0 Å². The highest BCUT2D eigenvalue weighted by Gasteiger charge is 2.34. The van der Waals surface area contributed by atoms with Crippen molar-refractivity contribution in [1.29, 1.82) is 0 Å². The normalized spacial score (nSPS) is 12.8. The van der Waals surface area contributed by atoms with E-state index < -0.39 is 28.5 Å². The van der Waals surface area contributed by atoms with Crippen LogP contribution in [0.2, 0.25) is 15.1 Å². The van der Waals surface area contributed by atoms with Crippen LogP contribution in [0.15, 0.2) is 72.8 Å². The molecule has 40 heavy (non-hydrogen) atoms. The maximum Gasteiger partial charge on any atom is 0.244 e. The number of sulfonamides is 1. The number of carbonyl (C=O) groups is 2. The Balaban J connectivity index is 2.08. The van der Waals surface area contributed by atoms with Gasteiger partial charge in [0.05, 0.1) is 17.0 Å². The highest BCUT2D eigenvalue weighted by atomic mass is 35.5. The van der Waals surface area contributed by atoms with E-state index in [1.165, 1.54) is 23.1 Å². The molecule has 0 bridgehead atoms. The van der Waals surface area contributed by atoms with Crippen molar-refractivity contribution in [2.45, 2.75) is 45.3 Å². The molecule has 0 spiro atoms. The Morgan fingerprint density at radius 1 is 0.900 bits per heavy atom. The van der Waals surface area contributed by atoms with Crippen LogP contribution in [0.3, 0.4) is 0 Å². The van der Waals surface area contributed by atoms with Gasteiger partial charge in [-0.05, 0) is 54.8 Å². The van der Waals surface area contributed by atoms with E-state index in [2.05, 4.69) is 5.32 Å². The zero-order chi connectivity index (χ0) is 29.4. The van der Waals surface area contributed by atoms with Crippen LogP contribution < -0.4 is 9.62 Å². The van der Waals surface area contributed by atoms with E-state index in [9.17, 15) is 18.0 Å². The lowest BCUT2D eigenvalue weighted by atomic mass is 10.0. The van der Waals surface area contributed by atoms with Gasteiger partial charge in [0, 0.05) is 29.1 Å². The summed E-state index contributed by atoms with van der Waals surface area (Å²) in [5, 5.41) is 3.85. The maximum atomic E-state index is 14.1. The first-order chi connectivity index (χ1) is 18.9. The lowest BCUT2D eigenvalue weighted by molar-refractivity contribution is -0.140. The largest absolute Gasteiger partial charge is 0.352 e. The molecule has 0 aliphatic heterocycles. The van der Waals surface area contributed by atoms with E-state index in [-0.39, 0.29) is 35.6 Å². The summed E-state index contributed by atoms with van der Waals surface area (Å²) < 4.78 is 26.7. The second-order valence-corrected chi connectivity index (χ2v) is 12.7. The van der Waals surface area contributed by atoms with Crippen molar-refractivity contribution in [1.82, 2.24) is 10.2 Å². The monoisotopic (exact) mass is 623 g/mol. The molecule has 7 nitrogen and oxygen atoms in total. The molecule has 0 unspecified atom stereocenters. The van der Waals surface area contributed by atoms with Gasteiger partial charge in [-0.15, -0.1) is 0 Å². The van der Waals surface area contributed by atoms with E-state index in [1.807, 2.05) is 44.2 Å². The number of amides is 2. The Kier molecular flexibility index (Phi) is 11.3. The first kappa shape index (κ1) is 31.7. The lowest BCUT2D eigenvalue weighted by Gasteiger charge is -2.34. The topological polar surface area (TPSA) is 86.8 Å². The minimum absolute atomic E-state index is 0.0246. The van der Waals surface area contributed by atoms with E-state index >= 15 is 0 Å². The summed E-state index contributed by atoms with van der Waals surface area (Å²) in [7, 11) is -3.95. The Bertz CT molecular complexity index is 1440. The highest BCUT2D eigenvalue weighted by molar-refractivity contribution is 7.92. The van der Waals surface area contributed by atoms with Crippen LogP contribution >= 0.6 is 34.8 Å². The van der Waals surface area contributed by atoms with Crippen LogP contribution in [0.4, 0.5) is 5.69 Å². The summed E-state index contributed by atoms with van der Waals surface area (Å²) in [6.45, 7) is 3.28. The zero-order valence-electron chi connectivity index (χ0n) is 22.5. The number of anilines is 1. The average Bonchev–Trinajstić information content (AvgIpc) is 2.89.